The molecule has 1 N–H and O–H groups in total. The molecule has 114 valence electrons. The van der Waals surface area contributed by atoms with Gasteiger partial charge in [-0.1, -0.05) is 26.7 Å². The minimum absolute atomic E-state index is 0.515. The van der Waals surface area contributed by atoms with E-state index in [2.05, 4.69) is 49.0 Å². The molecule has 0 bridgehead atoms. The second-order valence-corrected chi connectivity index (χ2v) is 5.68. The van der Waals surface area contributed by atoms with E-state index < -0.39 is 0 Å². The Balaban J connectivity index is 2.77. The van der Waals surface area contributed by atoms with Crippen molar-refractivity contribution in [2.45, 2.75) is 66.0 Å². The maximum atomic E-state index is 4.34. The summed E-state index contributed by atoms with van der Waals surface area (Å²) in [4.78, 5) is 6.83. The highest BCUT2D eigenvalue weighted by molar-refractivity contribution is 5.52. The standard InChI is InChI=1S/C17H31N3/c1-5-7-8-12-20(15(3)4)17-14-19-11-9-16(17)13-18-10-6-2/h9,11,14-15,18H,5-8,10,12-13H2,1-4H3. The highest BCUT2D eigenvalue weighted by Gasteiger charge is 2.14. The van der Waals surface area contributed by atoms with Gasteiger partial charge in [0.25, 0.3) is 0 Å². The summed E-state index contributed by atoms with van der Waals surface area (Å²) >= 11 is 0. The van der Waals surface area contributed by atoms with Crippen LogP contribution >= 0.6 is 0 Å². The van der Waals surface area contributed by atoms with Crippen LogP contribution in [0.1, 0.15) is 58.9 Å². The molecule has 0 aliphatic rings. The fourth-order valence-corrected chi connectivity index (χ4v) is 2.41. The van der Waals surface area contributed by atoms with Crippen molar-refractivity contribution in [1.82, 2.24) is 10.3 Å². The number of nitrogens with one attached hydrogen (secondary N) is 1. The molecule has 0 unspecified atom stereocenters. The van der Waals surface area contributed by atoms with Crippen LogP contribution in [-0.2, 0) is 6.54 Å². The number of anilines is 1. The molecule has 0 spiro atoms. The van der Waals surface area contributed by atoms with Crippen molar-refractivity contribution in [3.63, 3.8) is 0 Å². The Morgan fingerprint density at radius 1 is 1.20 bits per heavy atom. The van der Waals surface area contributed by atoms with E-state index in [0.717, 1.165) is 19.6 Å². The number of nitrogens with zero attached hydrogens (tertiary/aromatic N) is 2. The van der Waals surface area contributed by atoms with Gasteiger partial charge in [0, 0.05) is 25.3 Å². The van der Waals surface area contributed by atoms with Crippen molar-refractivity contribution in [2.24, 2.45) is 0 Å². The van der Waals surface area contributed by atoms with Crippen LogP contribution < -0.4 is 10.2 Å². The van der Waals surface area contributed by atoms with Crippen LogP contribution in [0.2, 0.25) is 0 Å². The molecule has 1 rings (SSSR count). The van der Waals surface area contributed by atoms with E-state index in [0.29, 0.717) is 6.04 Å². The number of hydrogen-bond donors (Lipinski definition) is 1. The van der Waals surface area contributed by atoms with Crippen LogP contribution in [0.15, 0.2) is 18.5 Å². The normalized spacial score (nSPS) is 11.1. The molecule has 20 heavy (non-hydrogen) atoms. The van der Waals surface area contributed by atoms with Gasteiger partial charge in [0.05, 0.1) is 11.9 Å². The average Bonchev–Trinajstić information content (AvgIpc) is 2.44. The highest BCUT2D eigenvalue weighted by Crippen LogP contribution is 2.22. The van der Waals surface area contributed by atoms with Crippen molar-refractivity contribution >= 4 is 5.69 Å². The third-order valence-electron chi connectivity index (χ3n) is 3.57. The van der Waals surface area contributed by atoms with Crippen LogP contribution in [0, 0.1) is 0 Å². The summed E-state index contributed by atoms with van der Waals surface area (Å²) < 4.78 is 0. The van der Waals surface area contributed by atoms with Crippen LogP contribution in [0.5, 0.6) is 0 Å². The van der Waals surface area contributed by atoms with E-state index in [-0.39, 0.29) is 0 Å². The monoisotopic (exact) mass is 277 g/mol. The van der Waals surface area contributed by atoms with Crippen LogP contribution in [0.25, 0.3) is 0 Å². The van der Waals surface area contributed by atoms with Crippen LogP contribution in [-0.4, -0.2) is 24.1 Å². The third kappa shape index (κ3) is 5.49. The van der Waals surface area contributed by atoms with Crippen molar-refractivity contribution in [3.8, 4) is 0 Å². The van der Waals surface area contributed by atoms with Gasteiger partial charge >= 0.3 is 0 Å². The molecule has 1 heterocycles. The second-order valence-electron chi connectivity index (χ2n) is 5.68. The highest BCUT2D eigenvalue weighted by atomic mass is 15.2. The van der Waals surface area contributed by atoms with Gasteiger partial charge in [-0.25, -0.2) is 0 Å². The summed E-state index contributed by atoms with van der Waals surface area (Å²) in [5.41, 5.74) is 2.65. The quantitative estimate of drug-likeness (QED) is 0.656. The van der Waals surface area contributed by atoms with Gasteiger partial charge in [-0.05, 0) is 44.9 Å². The van der Waals surface area contributed by atoms with Gasteiger partial charge in [-0.3, -0.25) is 4.98 Å². The molecule has 0 saturated carbocycles. The molecule has 3 nitrogen and oxygen atoms in total. The minimum atomic E-state index is 0.515. The first-order valence-electron chi connectivity index (χ1n) is 8.10. The fourth-order valence-electron chi connectivity index (χ4n) is 2.41. The average molecular weight is 277 g/mol. The molecule has 1 aromatic rings. The molecular formula is C17H31N3. The fraction of sp³-hybridized carbons (Fsp3) is 0.706. The topological polar surface area (TPSA) is 28.2 Å². The molecule has 3 heteroatoms. The zero-order valence-corrected chi connectivity index (χ0v) is 13.7. The summed E-state index contributed by atoms with van der Waals surface area (Å²) in [6, 6.07) is 2.66. The predicted molar refractivity (Wildman–Crippen MR) is 88.2 cm³/mol. The zero-order valence-electron chi connectivity index (χ0n) is 13.7. The summed E-state index contributed by atoms with van der Waals surface area (Å²) in [6.07, 6.45) is 8.92. The lowest BCUT2D eigenvalue weighted by Crippen LogP contribution is -2.33. The molecule has 0 aliphatic heterocycles. The lowest BCUT2D eigenvalue weighted by atomic mass is 10.1. The Morgan fingerprint density at radius 2 is 2.00 bits per heavy atom. The number of hydrogen-bond acceptors (Lipinski definition) is 3. The van der Waals surface area contributed by atoms with Crippen LogP contribution in [0.3, 0.4) is 0 Å². The minimum Gasteiger partial charge on any atom is -0.368 e. The molecule has 0 fully saturated rings. The lowest BCUT2D eigenvalue weighted by Gasteiger charge is -2.30. The molecular weight excluding hydrogens is 246 g/mol. The first-order valence-corrected chi connectivity index (χ1v) is 8.10. The zero-order chi connectivity index (χ0) is 14.8. The largest absolute Gasteiger partial charge is 0.368 e. The number of pyridine rings is 1. The molecule has 0 aromatic carbocycles. The maximum Gasteiger partial charge on any atom is 0.0600 e. The summed E-state index contributed by atoms with van der Waals surface area (Å²) in [5.74, 6) is 0. The maximum absolute atomic E-state index is 4.34. The van der Waals surface area contributed by atoms with Crippen molar-refractivity contribution < 1.29 is 0 Å². The first kappa shape index (κ1) is 17.0. The summed E-state index contributed by atoms with van der Waals surface area (Å²) in [6.45, 7) is 12.1. The summed E-state index contributed by atoms with van der Waals surface area (Å²) in [5, 5.41) is 3.50. The Bertz CT molecular complexity index is 363. The second kappa shape index (κ2) is 9.76. The molecule has 0 saturated heterocycles. The van der Waals surface area contributed by atoms with Gasteiger partial charge in [0.1, 0.15) is 0 Å². The van der Waals surface area contributed by atoms with Crippen molar-refractivity contribution in [1.29, 1.82) is 0 Å². The Kier molecular flexibility index (Phi) is 8.28. The van der Waals surface area contributed by atoms with E-state index in [1.54, 1.807) is 0 Å². The van der Waals surface area contributed by atoms with Crippen molar-refractivity contribution in [2.75, 3.05) is 18.0 Å². The van der Waals surface area contributed by atoms with E-state index in [9.17, 15) is 0 Å². The van der Waals surface area contributed by atoms with E-state index in [4.69, 9.17) is 0 Å². The van der Waals surface area contributed by atoms with E-state index >= 15 is 0 Å². The van der Waals surface area contributed by atoms with Gasteiger partial charge in [-0.15, -0.1) is 0 Å². The van der Waals surface area contributed by atoms with Gasteiger partial charge < -0.3 is 10.2 Å². The van der Waals surface area contributed by atoms with Gasteiger partial charge in [-0.2, -0.15) is 0 Å². The number of unbranched alkanes of at least 4 members (excludes halogenated alkanes) is 2. The molecule has 0 amide bonds. The van der Waals surface area contributed by atoms with Gasteiger partial charge in [0.15, 0.2) is 0 Å². The van der Waals surface area contributed by atoms with Crippen molar-refractivity contribution in [3.05, 3.63) is 24.0 Å². The smallest absolute Gasteiger partial charge is 0.0600 e. The summed E-state index contributed by atoms with van der Waals surface area (Å²) in [7, 11) is 0. The SMILES string of the molecule is CCCCCN(c1cnccc1CNCCC)C(C)C. The number of rotatable bonds is 10. The molecule has 0 atom stereocenters. The van der Waals surface area contributed by atoms with E-state index in [1.807, 2.05) is 12.4 Å². The van der Waals surface area contributed by atoms with E-state index in [1.165, 1.54) is 36.9 Å². The molecule has 1 aromatic heterocycles. The van der Waals surface area contributed by atoms with Crippen LogP contribution in [0.4, 0.5) is 5.69 Å². The Morgan fingerprint density at radius 3 is 2.65 bits per heavy atom. The lowest BCUT2D eigenvalue weighted by molar-refractivity contribution is 0.617. The Labute approximate surface area is 124 Å². The predicted octanol–water partition coefficient (Wildman–Crippen LogP) is 3.99. The Hall–Kier alpha value is -1.09. The molecule has 0 radical (unpaired) electrons. The first-order chi connectivity index (χ1) is 9.70. The number of aromatic nitrogens is 1. The molecule has 0 aliphatic carbocycles. The third-order valence-corrected chi connectivity index (χ3v) is 3.57. The van der Waals surface area contributed by atoms with Gasteiger partial charge in [0.2, 0.25) is 0 Å².